The van der Waals surface area contributed by atoms with Crippen molar-refractivity contribution in [3.63, 3.8) is 0 Å². The number of ether oxygens (including phenoxy) is 1. The first-order valence-corrected chi connectivity index (χ1v) is 13.7. The molecule has 17 nitrogen and oxygen atoms in total. The van der Waals surface area contributed by atoms with Crippen molar-refractivity contribution in [3.8, 4) is 0 Å². The van der Waals surface area contributed by atoms with E-state index in [9.17, 15) is 42.3 Å². The number of nitrogens with zero attached hydrogens (tertiary/aromatic N) is 2. The first kappa shape index (κ1) is 34.7. The van der Waals surface area contributed by atoms with Crippen LogP contribution in [-0.4, -0.2) is 90.1 Å². The highest BCUT2D eigenvalue weighted by atomic mass is 32.2. The molecule has 0 aromatic heterocycles. The van der Waals surface area contributed by atoms with Gasteiger partial charge >= 0.3 is 18.1 Å². The Balaban J connectivity index is 2.68. The number of amides is 3. The summed E-state index contributed by atoms with van der Waals surface area (Å²) in [6.07, 6.45) is -3.01. The van der Waals surface area contributed by atoms with Crippen LogP contribution in [0.5, 0.6) is 0 Å². The molecule has 0 aromatic rings. The number of sulfone groups is 1. The molecule has 1 saturated heterocycles. The number of imide groups is 1. The molecule has 40 heavy (non-hydrogen) atoms. The average Bonchev–Trinajstić information content (AvgIpc) is 3.11. The Morgan fingerprint density at radius 2 is 1.60 bits per heavy atom. The maximum absolute atomic E-state index is 12.6. The molecule has 2 unspecified atom stereocenters. The van der Waals surface area contributed by atoms with Crippen LogP contribution in [-0.2, 0) is 53.1 Å². The van der Waals surface area contributed by atoms with Crippen molar-refractivity contribution < 1.29 is 61.5 Å². The first-order valence-electron chi connectivity index (χ1n) is 12.0. The molecule has 3 amide bonds. The number of aliphatic carboxylic acids is 1. The zero-order valence-electron chi connectivity index (χ0n) is 23.3. The van der Waals surface area contributed by atoms with Crippen LogP contribution < -0.4 is 10.7 Å². The third-order valence-corrected chi connectivity index (χ3v) is 7.29. The van der Waals surface area contributed by atoms with E-state index in [1.54, 1.807) is 20.8 Å². The van der Waals surface area contributed by atoms with Crippen molar-refractivity contribution in [2.45, 2.75) is 72.8 Å². The maximum Gasteiger partial charge on any atom is 0.534 e. The lowest BCUT2D eigenvalue weighted by Gasteiger charge is -2.27. The largest absolute Gasteiger partial charge is 0.534 e. The maximum atomic E-state index is 12.6. The van der Waals surface area contributed by atoms with Crippen molar-refractivity contribution in [1.82, 2.24) is 21.1 Å². The van der Waals surface area contributed by atoms with Crippen LogP contribution in [0, 0.1) is 10.8 Å². The number of carbonyl (C=O) groups is 6. The van der Waals surface area contributed by atoms with E-state index >= 15 is 0 Å². The number of carboxylic acid groups (broad SMARTS) is 1. The van der Waals surface area contributed by atoms with Gasteiger partial charge in [-0.15, -0.1) is 0 Å². The van der Waals surface area contributed by atoms with E-state index in [2.05, 4.69) is 15.6 Å². The highest BCUT2D eigenvalue weighted by Gasteiger charge is 2.35. The molecule has 0 radical (unpaired) electrons. The summed E-state index contributed by atoms with van der Waals surface area (Å²) in [5.41, 5.74) is 0.143. The molecule has 0 spiro atoms. The third kappa shape index (κ3) is 11.0. The van der Waals surface area contributed by atoms with Gasteiger partial charge in [0.05, 0.1) is 21.9 Å². The fourth-order valence-corrected chi connectivity index (χ4v) is 3.88. The van der Waals surface area contributed by atoms with Crippen LogP contribution in [0.25, 0.3) is 0 Å². The zero-order valence-corrected chi connectivity index (χ0v) is 24.2. The molecule has 1 aliphatic heterocycles. The van der Waals surface area contributed by atoms with E-state index in [1.807, 2.05) is 0 Å². The van der Waals surface area contributed by atoms with Gasteiger partial charge in [-0.05, 0) is 48.5 Å². The fraction of sp³-hybridized carbons (Fsp3) is 0.727. The van der Waals surface area contributed by atoms with Crippen LogP contribution in [0.2, 0.25) is 0 Å². The molecular weight excluding hydrogens is 560 g/mol. The standard InChI is InChI=1S/C22H36N4O13S/c1-13(37-20(33)39-25-16(28)8-9-17(25)29)11-40(34,35)14(2)24-15(27)10-36-26(38-19(32)21(3,4)5)23-12-22(6,7)18(30)31/h13-14,23H,8-12H2,1-7H3,(H,24,27)(H,30,31). The van der Waals surface area contributed by atoms with E-state index in [0.717, 1.165) is 6.92 Å². The summed E-state index contributed by atoms with van der Waals surface area (Å²) < 4.78 is 30.0. The summed E-state index contributed by atoms with van der Waals surface area (Å²) in [7, 11) is -4.11. The second kappa shape index (κ2) is 13.8. The summed E-state index contributed by atoms with van der Waals surface area (Å²) in [4.78, 5) is 85.4. The molecule has 0 saturated carbocycles. The molecular formula is C22H36N4O13S. The second-order valence-electron chi connectivity index (χ2n) is 10.6. The summed E-state index contributed by atoms with van der Waals surface area (Å²) in [5, 5.41) is 10.6. The minimum absolute atomic E-state index is 0.135. The predicted octanol–water partition coefficient (Wildman–Crippen LogP) is -0.178. The fourth-order valence-electron chi connectivity index (χ4n) is 2.55. The molecule has 18 heteroatoms. The van der Waals surface area contributed by atoms with Gasteiger partial charge < -0.3 is 20.0 Å². The molecule has 2 atom stereocenters. The number of hydroxylamine groups is 2. The first-order chi connectivity index (χ1) is 18.2. The summed E-state index contributed by atoms with van der Waals surface area (Å²) in [5.74, 6) is -5.14. The van der Waals surface area contributed by atoms with Gasteiger partial charge in [0.1, 0.15) is 11.5 Å². The lowest BCUT2D eigenvalue weighted by molar-refractivity contribution is -0.375. The summed E-state index contributed by atoms with van der Waals surface area (Å²) in [6, 6.07) is 0. The Kier molecular flexibility index (Phi) is 12.0. The van der Waals surface area contributed by atoms with E-state index in [1.165, 1.54) is 20.8 Å². The summed E-state index contributed by atoms with van der Waals surface area (Å²) in [6.45, 7) is 8.67. The highest BCUT2D eigenvalue weighted by Crippen LogP contribution is 2.18. The smallest absolute Gasteiger partial charge is 0.481 e. The van der Waals surface area contributed by atoms with Gasteiger partial charge in [-0.2, -0.15) is 5.43 Å². The third-order valence-electron chi connectivity index (χ3n) is 5.16. The van der Waals surface area contributed by atoms with Gasteiger partial charge in [-0.1, -0.05) is 5.06 Å². The molecule has 1 aliphatic rings. The van der Waals surface area contributed by atoms with E-state index in [-0.39, 0.29) is 24.4 Å². The quantitative estimate of drug-likeness (QED) is 0.134. The van der Waals surface area contributed by atoms with Crippen molar-refractivity contribution in [2.75, 3.05) is 18.9 Å². The number of nitrogens with one attached hydrogen (secondary N) is 2. The zero-order chi connectivity index (χ0) is 31.1. The molecule has 228 valence electrons. The Morgan fingerprint density at radius 1 is 1.05 bits per heavy atom. The Bertz CT molecular complexity index is 1080. The van der Waals surface area contributed by atoms with Crippen molar-refractivity contribution >= 4 is 45.7 Å². The number of carboxylic acids is 1. The van der Waals surface area contributed by atoms with Crippen LogP contribution in [0.15, 0.2) is 0 Å². The molecule has 0 bridgehead atoms. The van der Waals surface area contributed by atoms with Gasteiger partial charge in [0.2, 0.25) is 5.91 Å². The SMILES string of the molecule is CC(CS(=O)(=O)C(C)NC(=O)CON(NCC(C)(C)C(=O)O)OC(=O)C(C)(C)C)OC(=O)ON1C(=O)CCC1=O. The number of hydrazine groups is 1. The summed E-state index contributed by atoms with van der Waals surface area (Å²) >= 11 is 0. The van der Waals surface area contributed by atoms with Crippen LogP contribution in [0.3, 0.4) is 0 Å². The number of rotatable bonds is 14. The van der Waals surface area contributed by atoms with Gasteiger partial charge in [-0.25, -0.2) is 22.8 Å². The van der Waals surface area contributed by atoms with Gasteiger partial charge in [0, 0.05) is 19.4 Å². The highest BCUT2D eigenvalue weighted by molar-refractivity contribution is 7.92. The average molecular weight is 597 g/mol. The van der Waals surface area contributed by atoms with Crippen molar-refractivity contribution in [2.24, 2.45) is 10.8 Å². The number of carbonyl (C=O) groups excluding carboxylic acids is 5. The number of hydrogen-bond acceptors (Lipinski definition) is 14. The molecule has 1 fully saturated rings. The molecule has 1 rings (SSSR count). The van der Waals surface area contributed by atoms with E-state index in [4.69, 9.17) is 14.4 Å². The number of hydrogen-bond donors (Lipinski definition) is 3. The van der Waals surface area contributed by atoms with Crippen molar-refractivity contribution in [1.29, 1.82) is 0 Å². The van der Waals surface area contributed by atoms with Crippen LogP contribution in [0.1, 0.15) is 61.3 Å². The van der Waals surface area contributed by atoms with Gasteiger partial charge in [0.15, 0.2) is 16.4 Å². The van der Waals surface area contributed by atoms with Gasteiger partial charge in [0.25, 0.3) is 11.8 Å². The monoisotopic (exact) mass is 596 g/mol. The Hall–Kier alpha value is -3.35. The van der Waals surface area contributed by atoms with E-state index in [0.29, 0.717) is 5.34 Å². The molecule has 0 aromatic carbocycles. The predicted molar refractivity (Wildman–Crippen MR) is 132 cm³/mol. The lowest BCUT2D eigenvalue weighted by Crippen LogP contribution is -2.49. The van der Waals surface area contributed by atoms with Crippen LogP contribution >= 0.6 is 0 Å². The van der Waals surface area contributed by atoms with E-state index < -0.39 is 80.3 Å². The Labute approximate surface area is 231 Å². The van der Waals surface area contributed by atoms with Gasteiger partial charge in [-0.3, -0.25) is 24.0 Å². The second-order valence-corrected chi connectivity index (χ2v) is 12.9. The van der Waals surface area contributed by atoms with Crippen LogP contribution in [0.4, 0.5) is 4.79 Å². The minimum Gasteiger partial charge on any atom is -0.481 e. The normalized spacial score (nSPS) is 15.9. The van der Waals surface area contributed by atoms with Crippen molar-refractivity contribution in [3.05, 3.63) is 0 Å². The molecule has 3 N–H and O–H groups in total. The minimum atomic E-state index is -4.11. The Morgan fingerprint density at radius 3 is 2.10 bits per heavy atom. The topological polar surface area (TPSA) is 224 Å². The molecule has 1 heterocycles. The lowest BCUT2D eigenvalue weighted by atomic mass is 9.94. The molecule has 0 aliphatic carbocycles.